The number of carbonyl (C=O) groups is 4. The molecule has 0 spiro atoms. The Kier molecular flexibility index (Phi) is 13.9. The van der Waals surface area contributed by atoms with Gasteiger partial charge >= 0.3 is 11.9 Å². The fraction of sp³-hybridized carbons (Fsp3) is 0.600. The number of carbonyl (C=O) groups excluding carboxylic acids is 2. The summed E-state index contributed by atoms with van der Waals surface area (Å²) in [6.07, 6.45) is -0.188. The Morgan fingerprint density at radius 3 is 1.92 bits per heavy atom. The SMILES string of the molecule is CC(C)C[C@H](OCc1ccccc1)C(=O)N[C@@H](CSSC[C@H](NC(=O)CC(C)(C)C)C(=O)O)C(=O)O. The summed E-state index contributed by atoms with van der Waals surface area (Å²) in [5, 5.41) is 24.0. The van der Waals surface area contributed by atoms with E-state index < -0.39 is 36.0 Å². The summed E-state index contributed by atoms with van der Waals surface area (Å²) in [4.78, 5) is 48.2. The maximum atomic E-state index is 12.8. The lowest BCUT2D eigenvalue weighted by atomic mass is 9.92. The van der Waals surface area contributed by atoms with E-state index in [0.717, 1.165) is 27.2 Å². The third kappa shape index (κ3) is 13.7. The molecule has 0 aliphatic heterocycles. The van der Waals surface area contributed by atoms with Crippen LogP contribution >= 0.6 is 21.6 Å². The summed E-state index contributed by atoms with van der Waals surface area (Å²) in [5.41, 5.74) is 0.628. The molecule has 0 saturated heterocycles. The van der Waals surface area contributed by atoms with Crippen LogP contribution in [-0.2, 0) is 30.5 Å². The molecule has 4 N–H and O–H groups in total. The zero-order chi connectivity index (χ0) is 27.3. The minimum absolute atomic E-state index is 0.0150. The summed E-state index contributed by atoms with van der Waals surface area (Å²) >= 11 is 0. The van der Waals surface area contributed by atoms with Gasteiger partial charge in [0.15, 0.2) is 0 Å². The molecule has 3 atom stereocenters. The Balaban J connectivity index is 2.62. The first-order chi connectivity index (χ1) is 16.8. The van der Waals surface area contributed by atoms with Crippen molar-refractivity contribution in [2.45, 2.75) is 72.3 Å². The number of nitrogens with one attached hydrogen (secondary N) is 2. The van der Waals surface area contributed by atoms with Crippen molar-refractivity contribution in [3.05, 3.63) is 35.9 Å². The maximum Gasteiger partial charge on any atom is 0.327 e. The summed E-state index contributed by atoms with van der Waals surface area (Å²) in [6, 6.07) is 7.11. The number of rotatable bonds is 16. The Morgan fingerprint density at radius 2 is 1.44 bits per heavy atom. The zero-order valence-corrected chi connectivity index (χ0v) is 23.1. The Hall–Kier alpha value is -2.24. The van der Waals surface area contributed by atoms with Gasteiger partial charge in [0.1, 0.15) is 18.2 Å². The van der Waals surface area contributed by atoms with Crippen LogP contribution in [0.25, 0.3) is 0 Å². The van der Waals surface area contributed by atoms with E-state index in [1.807, 2.05) is 65.0 Å². The van der Waals surface area contributed by atoms with Gasteiger partial charge in [-0.05, 0) is 23.3 Å². The van der Waals surface area contributed by atoms with Gasteiger partial charge in [-0.25, -0.2) is 9.59 Å². The molecule has 0 heterocycles. The quantitative estimate of drug-likeness (QED) is 0.182. The lowest BCUT2D eigenvalue weighted by Crippen LogP contribution is -2.47. The van der Waals surface area contributed by atoms with Gasteiger partial charge in [-0.15, -0.1) is 0 Å². The Labute approximate surface area is 220 Å². The lowest BCUT2D eigenvalue weighted by molar-refractivity contribution is -0.144. The number of carboxylic acid groups (broad SMARTS) is 2. The average Bonchev–Trinajstić information content (AvgIpc) is 2.76. The normalized spacial score (nSPS) is 14.1. The van der Waals surface area contributed by atoms with Crippen LogP contribution in [0.1, 0.15) is 53.0 Å². The second-order valence-corrected chi connectivity index (χ2v) is 12.6. The molecular formula is C25H38N2O7S2. The maximum absolute atomic E-state index is 12.8. The fourth-order valence-corrected chi connectivity index (χ4v) is 5.33. The van der Waals surface area contributed by atoms with Gasteiger partial charge in [-0.3, -0.25) is 9.59 Å². The number of amides is 2. The van der Waals surface area contributed by atoms with Gasteiger partial charge in [-0.2, -0.15) is 0 Å². The van der Waals surface area contributed by atoms with Crippen molar-refractivity contribution in [2.75, 3.05) is 11.5 Å². The average molecular weight is 543 g/mol. The molecule has 0 aliphatic rings. The number of carboxylic acids is 2. The molecule has 202 valence electrons. The van der Waals surface area contributed by atoms with Crippen molar-refractivity contribution in [3.63, 3.8) is 0 Å². The van der Waals surface area contributed by atoms with Gasteiger partial charge in [0.05, 0.1) is 6.61 Å². The highest BCUT2D eigenvalue weighted by Crippen LogP contribution is 2.24. The van der Waals surface area contributed by atoms with Gasteiger partial charge < -0.3 is 25.6 Å². The first-order valence-corrected chi connectivity index (χ1v) is 14.2. The Bertz CT molecular complexity index is 860. The summed E-state index contributed by atoms with van der Waals surface area (Å²) in [6.45, 7) is 9.77. The van der Waals surface area contributed by atoms with E-state index in [9.17, 15) is 29.4 Å². The van der Waals surface area contributed by atoms with Crippen LogP contribution < -0.4 is 10.6 Å². The molecular weight excluding hydrogens is 504 g/mol. The monoisotopic (exact) mass is 542 g/mol. The Morgan fingerprint density at radius 1 is 0.917 bits per heavy atom. The van der Waals surface area contributed by atoms with Crippen LogP contribution in [0.3, 0.4) is 0 Å². The summed E-state index contributed by atoms with van der Waals surface area (Å²) in [7, 11) is 2.24. The molecule has 1 rings (SSSR count). The zero-order valence-electron chi connectivity index (χ0n) is 21.5. The van der Waals surface area contributed by atoms with E-state index >= 15 is 0 Å². The van der Waals surface area contributed by atoms with Crippen molar-refractivity contribution in [1.82, 2.24) is 10.6 Å². The number of aliphatic carboxylic acids is 2. The molecule has 9 nitrogen and oxygen atoms in total. The van der Waals surface area contributed by atoms with Crippen molar-refractivity contribution < 1.29 is 34.1 Å². The highest BCUT2D eigenvalue weighted by molar-refractivity contribution is 8.76. The van der Waals surface area contributed by atoms with Gasteiger partial charge in [-0.1, -0.05) is 86.5 Å². The number of hydrogen-bond donors (Lipinski definition) is 4. The molecule has 1 aromatic rings. The number of ether oxygens (including phenoxy) is 1. The molecule has 1 aromatic carbocycles. The minimum Gasteiger partial charge on any atom is -0.480 e. The predicted molar refractivity (Wildman–Crippen MR) is 143 cm³/mol. The standard InChI is InChI=1S/C25H38N2O7S2/c1-16(2)11-20(34-13-17-9-7-6-8-10-17)22(29)27-19(24(32)33)15-36-35-14-18(23(30)31)26-21(28)12-25(3,4)5/h6-10,16,18-20H,11-15H2,1-5H3,(H,26,28)(H,27,29)(H,30,31)(H,32,33)/t18-,19-,20-/m0/s1. The van der Waals surface area contributed by atoms with Crippen molar-refractivity contribution >= 4 is 45.3 Å². The molecule has 0 aromatic heterocycles. The van der Waals surface area contributed by atoms with Gasteiger partial charge in [0.2, 0.25) is 11.8 Å². The van der Waals surface area contributed by atoms with Crippen molar-refractivity contribution in [3.8, 4) is 0 Å². The van der Waals surface area contributed by atoms with Gasteiger partial charge in [0.25, 0.3) is 0 Å². The summed E-state index contributed by atoms with van der Waals surface area (Å²) < 4.78 is 5.81. The van der Waals surface area contributed by atoms with E-state index in [1.165, 1.54) is 0 Å². The third-order valence-corrected chi connectivity index (χ3v) is 7.19. The molecule has 36 heavy (non-hydrogen) atoms. The number of hydrogen-bond acceptors (Lipinski definition) is 7. The first kappa shape index (κ1) is 31.8. The second-order valence-electron chi connectivity index (χ2n) is 10.1. The lowest BCUT2D eigenvalue weighted by Gasteiger charge is -2.22. The molecule has 0 saturated carbocycles. The van der Waals surface area contributed by atoms with E-state index in [0.29, 0.717) is 6.42 Å². The molecule has 0 unspecified atom stereocenters. The van der Waals surface area contributed by atoms with E-state index in [-0.39, 0.29) is 41.8 Å². The van der Waals surface area contributed by atoms with Crippen LogP contribution in [0.2, 0.25) is 0 Å². The van der Waals surface area contributed by atoms with Crippen LogP contribution in [0.5, 0.6) is 0 Å². The molecule has 2 amide bonds. The molecule has 0 fully saturated rings. The molecule has 0 aliphatic carbocycles. The molecule has 0 bridgehead atoms. The van der Waals surface area contributed by atoms with Crippen LogP contribution in [0, 0.1) is 11.3 Å². The van der Waals surface area contributed by atoms with E-state index in [2.05, 4.69) is 10.6 Å². The largest absolute Gasteiger partial charge is 0.480 e. The summed E-state index contributed by atoms with van der Waals surface area (Å²) in [5.74, 6) is -3.01. The van der Waals surface area contributed by atoms with E-state index in [1.54, 1.807) is 0 Å². The number of benzene rings is 1. The molecule has 0 radical (unpaired) electrons. The molecule has 11 heteroatoms. The third-order valence-electron chi connectivity index (χ3n) is 4.76. The van der Waals surface area contributed by atoms with Crippen LogP contribution in [0.4, 0.5) is 0 Å². The van der Waals surface area contributed by atoms with Crippen molar-refractivity contribution in [2.24, 2.45) is 11.3 Å². The topological polar surface area (TPSA) is 142 Å². The highest BCUT2D eigenvalue weighted by atomic mass is 33.1. The van der Waals surface area contributed by atoms with Crippen LogP contribution in [0.15, 0.2) is 30.3 Å². The van der Waals surface area contributed by atoms with Crippen LogP contribution in [-0.4, -0.2) is 63.7 Å². The van der Waals surface area contributed by atoms with E-state index in [4.69, 9.17) is 4.74 Å². The highest BCUT2D eigenvalue weighted by Gasteiger charge is 2.28. The fourth-order valence-electron chi connectivity index (χ4n) is 3.02. The predicted octanol–water partition coefficient (Wildman–Crippen LogP) is 3.57. The van der Waals surface area contributed by atoms with Crippen molar-refractivity contribution in [1.29, 1.82) is 0 Å². The second kappa shape index (κ2) is 15.8. The smallest absolute Gasteiger partial charge is 0.327 e. The first-order valence-electron chi connectivity index (χ1n) is 11.7. The van der Waals surface area contributed by atoms with Gasteiger partial charge in [0, 0.05) is 17.9 Å². The minimum atomic E-state index is -1.20.